The molecule has 0 radical (unpaired) electrons. The number of amides is 2. The molecule has 1 aromatic rings. The summed E-state index contributed by atoms with van der Waals surface area (Å²) in [7, 11) is 0. The molecule has 0 saturated carbocycles. The van der Waals surface area contributed by atoms with Crippen LogP contribution in [0.3, 0.4) is 0 Å². The van der Waals surface area contributed by atoms with Crippen molar-refractivity contribution in [1.82, 2.24) is 10.6 Å². The van der Waals surface area contributed by atoms with Crippen molar-refractivity contribution in [3.8, 4) is 0 Å². The minimum Gasteiger partial charge on any atom is -0.481 e. The fourth-order valence-corrected chi connectivity index (χ4v) is 2.39. The topological polar surface area (TPSA) is 95.5 Å². The van der Waals surface area contributed by atoms with Crippen LogP contribution in [0.1, 0.15) is 50.6 Å². The Morgan fingerprint density at radius 2 is 1.96 bits per heavy atom. The Hall–Kier alpha value is -2.15. The molecule has 0 heterocycles. The summed E-state index contributed by atoms with van der Waals surface area (Å²) >= 11 is 5.62. The van der Waals surface area contributed by atoms with Gasteiger partial charge >= 0.3 is 5.97 Å². The van der Waals surface area contributed by atoms with Gasteiger partial charge in [0.2, 0.25) is 11.8 Å². The number of benzene rings is 1. The van der Waals surface area contributed by atoms with E-state index in [-0.39, 0.29) is 29.7 Å². The monoisotopic (exact) mass is 372 g/mol. The molecule has 0 aromatic heterocycles. The Bertz CT molecular complexity index is 625. The first kappa shape index (κ1) is 20.9. The molecule has 0 bridgehead atoms. The van der Waals surface area contributed by atoms with E-state index in [2.05, 4.69) is 10.6 Å². The zero-order valence-corrected chi connectivity index (χ0v) is 14.7. The van der Waals surface area contributed by atoms with Gasteiger partial charge in [0.1, 0.15) is 5.82 Å². The minimum atomic E-state index is -1.10. The van der Waals surface area contributed by atoms with Crippen LogP contribution in [0, 0.1) is 5.82 Å². The number of carboxylic acids is 1. The fraction of sp³-hybridized carbons (Fsp3) is 0.471. The first-order valence-corrected chi connectivity index (χ1v) is 8.38. The quantitative estimate of drug-likeness (QED) is 0.550. The number of halogens is 2. The highest BCUT2D eigenvalue weighted by atomic mass is 35.5. The second kappa shape index (κ2) is 10.7. The van der Waals surface area contributed by atoms with Gasteiger partial charge in [0.25, 0.3) is 0 Å². The lowest BCUT2D eigenvalue weighted by molar-refractivity contribution is -0.137. The number of unbranched alkanes of at least 4 members (excludes halogenated alkanes) is 2. The third-order valence-electron chi connectivity index (χ3n) is 3.51. The van der Waals surface area contributed by atoms with Gasteiger partial charge in [0.15, 0.2) is 0 Å². The number of aliphatic carboxylic acids is 1. The molecule has 1 unspecified atom stereocenters. The van der Waals surface area contributed by atoms with Crippen LogP contribution < -0.4 is 10.6 Å². The van der Waals surface area contributed by atoms with Crippen molar-refractivity contribution in [2.75, 3.05) is 6.54 Å². The predicted molar refractivity (Wildman–Crippen MR) is 91.7 cm³/mol. The molecule has 0 aliphatic rings. The molecule has 3 N–H and O–H groups in total. The average molecular weight is 373 g/mol. The first-order valence-electron chi connectivity index (χ1n) is 8.00. The van der Waals surface area contributed by atoms with Crippen LogP contribution in [0.15, 0.2) is 18.2 Å². The zero-order valence-electron chi connectivity index (χ0n) is 14.0. The maximum absolute atomic E-state index is 13.6. The van der Waals surface area contributed by atoms with Crippen LogP contribution in [-0.4, -0.2) is 29.4 Å². The third-order valence-corrected chi connectivity index (χ3v) is 3.82. The van der Waals surface area contributed by atoms with E-state index in [9.17, 15) is 18.8 Å². The SMILES string of the molecule is CC(=O)NCCCCCC(=O)NC(CC(=O)O)c1ccc(Cl)c(F)c1. The second-order valence-corrected chi connectivity index (χ2v) is 6.09. The zero-order chi connectivity index (χ0) is 18.8. The van der Waals surface area contributed by atoms with Crippen molar-refractivity contribution in [3.05, 3.63) is 34.6 Å². The summed E-state index contributed by atoms with van der Waals surface area (Å²) < 4.78 is 13.6. The van der Waals surface area contributed by atoms with Crippen LogP contribution in [0.25, 0.3) is 0 Å². The van der Waals surface area contributed by atoms with Gasteiger partial charge in [-0.1, -0.05) is 24.1 Å². The Balaban J connectivity index is 2.51. The van der Waals surface area contributed by atoms with Crippen molar-refractivity contribution < 1.29 is 23.9 Å². The second-order valence-electron chi connectivity index (χ2n) is 5.69. The van der Waals surface area contributed by atoms with E-state index in [1.165, 1.54) is 19.1 Å². The molecule has 1 atom stereocenters. The highest BCUT2D eigenvalue weighted by Gasteiger charge is 2.19. The van der Waals surface area contributed by atoms with Gasteiger partial charge in [0, 0.05) is 19.9 Å². The molecular weight excluding hydrogens is 351 g/mol. The maximum atomic E-state index is 13.6. The van der Waals surface area contributed by atoms with Gasteiger partial charge in [-0.05, 0) is 30.5 Å². The number of carbonyl (C=O) groups is 3. The summed E-state index contributed by atoms with van der Waals surface area (Å²) in [5.41, 5.74) is 0.350. The van der Waals surface area contributed by atoms with E-state index < -0.39 is 17.8 Å². The average Bonchev–Trinajstić information content (AvgIpc) is 2.52. The molecule has 0 spiro atoms. The highest BCUT2D eigenvalue weighted by Crippen LogP contribution is 2.22. The lowest BCUT2D eigenvalue weighted by Crippen LogP contribution is -2.30. The number of hydrogen-bond donors (Lipinski definition) is 3. The van der Waals surface area contributed by atoms with E-state index >= 15 is 0 Å². The normalized spacial score (nSPS) is 11.6. The Kier molecular flexibility index (Phi) is 8.91. The van der Waals surface area contributed by atoms with Gasteiger partial charge < -0.3 is 15.7 Å². The maximum Gasteiger partial charge on any atom is 0.305 e. The van der Waals surface area contributed by atoms with Gasteiger partial charge in [0.05, 0.1) is 17.5 Å². The summed E-state index contributed by atoms with van der Waals surface area (Å²) in [5.74, 6) is -2.16. The summed E-state index contributed by atoms with van der Waals surface area (Å²) in [6, 6.07) is 3.13. The fourth-order valence-electron chi connectivity index (χ4n) is 2.27. The minimum absolute atomic E-state index is 0.0664. The molecular formula is C17H22ClFN2O4. The van der Waals surface area contributed by atoms with Crippen molar-refractivity contribution in [2.45, 2.75) is 45.1 Å². The summed E-state index contributed by atoms with van der Waals surface area (Å²) in [6.45, 7) is 2.00. The molecule has 1 rings (SSSR count). The number of rotatable bonds is 10. The van der Waals surface area contributed by atoms with Crippen molar-refractivity contribution in [3.63, 3.8) is 0 Å². The molecule has 1 aromatic carbocycles. The molecule has 0 aliphatic heterocycles. The highest BCUT2D eigenvalue weighted by molar-refractivity contribution is 6.30. The number of carbonyl (C=O) groups excluding carboxylic acids is 2. The van der Waals surface area contributed by atoms with E-state index in [4.69, 9.17) is 16.7 Å². The molecule has 25 heavy (non-hydrogen) atoms. The van der Waals surface area contributed by atoms with Gasteiger partial charge in [-0.2, -0.15) is 0 Å². The van der Waals surface area contributed by atoms with Gasteiger partial charge in [-0.25, -0.2) is 4.39 Å². The summed E-state index contributed by atoms with van der Waals surface area (Å²) in [5, 5.41) is 14.2. The smallest absolute Gasteiger partial charge is 0.305 e. The van der Waals surface area contributed by atoms with E-state index in [1.54, 1.807) is 0 Å². The molecule has 6 nitrogen and oxygen atoms in total. The molecule has 0 saturated heterocycles. The van der Waals surface area contributed by atoms with Crippen LogP contribution in [0.4, 0.5) is 4.39 Å². The van der Waals surface area contributed by atoms with Crippen LogP contribution >= 0.6 is 11.6 Å². The van der Waals surface area contributed by atoms with E-state index in [1.807, 2.05) is 0 Å². The molecule has 138 valence electrons. The summed E-state index contributed by atoms with van der Waals surface area (Å²) in [4.78, 5) is 33.7. The van der Waals surface area contributed by atoms with Gasteiger partial charge in [-0.3, -0.25) is 14.4 Å². The van der Waals surface area contributed by atoms with Crippen molar-refractivity contribution in [1.29, 1.82) is 0 Å². The largest absolute Gasteiger partial charge is 0.481 e. The molecule has 2 amide bonds. The lowest BCUT2D eigenvalue weighted by atomic mass is 10.0. The van der Waals surface area contributed by atoms with Gasteiger partial charge in [-0.15, -0.1) is 0 Å². The summed E-state index contributed by atoms with van der Waals surface area (Å²) in [6.07, 6.45) is 2.00. The van der Waals surface area contributed by atoms with Crippen LogP contribution in [0.2, 0.25) is 5.02 Å². The Labute approximate surface area is 150 Å². The van der Waals surface area contributed by atoms with Crippen molar-refractivity contribution >= 4 is 29.4 Å². The van der Waals surface area contributed by atoms with Crippen LogP contribution in [-0.2, 0) is 14.4 Å². The lowest BCUT2D eigenvalue weighted by Gasteiger charge is -2.18. The third kappa shape index (κ3) is 8.49. The first-order chi connectivity index (χ1) is 11.8. The Morgan fingerprint density at radius 3 is 2.56 bits per heavy atom. The Morgan fingerprint density at radius 1 is 1.24 bits per heavy atom. The van der Waals surface area contributed by atoms with E-state index in [0.717, 1.165) is 18.9 Å². The number of carboxylic acid groups (broad SMARTS) is 1. The van der Waals surface area contributed by atoms with Crippen LogP contribution in [0.5, 0.6) is 0 Å². The standard InChI is InChI=1S/C17H22ClFN2O4/c1-11(22)20-8-4-2-3-5-16(23)21-15(10-17(24)25)12-6-7-13(18)14(19)9-12/h6-7,9,15H,2-5,8,10H2,1H3,(H,20,22)(H,21,23)(H,24,25). The molecule has 0 aliphatic carbocycles. The van der Waals surface area contributed by atoms with Crippen molar-refractivity contribution in [2.24, 2.45) is 0 Å². The predicted octanol–water partition coefficient (Wildman–Crippen LogP) is 2.81. The molecule has 0 fully saturated rings. The van der Waals surface area contributed by atoms with E-state index in [0.29, 0.717) is 18.5 Å². The molecule has 8 heteroatoms. The number of nitrogens with one attached hydrogen (secondary N) is 2. The number of hydrogen-bond acceptors (Lipinski definition) is 3.